The maximum absolute atomic E-state index is 10.9. The molecule has 1 atom stereocenters. The van der Waals surface area contributed by atoms with E-state index in [9.17, 15) is 9.59 Å². The Labute approximate surface area is 76.6 Å². The largest absolute Gasteiger partial charge is 0.369 e. The Balaban J connectivity index is 3.12. The highest BCUT2D eigenvalue weighted by molar-refractivity contribution is 5.86. The summed E-state index contributed by atoms with van der Waals surface area (Å²) < 4.78 is 0. The number of hydrogen-bond acceptors (Lipinski definition) is 2. The van der Waals surface area contributed by atoms with Crippen LogP contribution in [0.1, 0.15) is 28.8 Å². The van der Waals surface area contributed by atoms with Gasteiger partial charge in [0.15, 0.2) is 0 Å². The van der Waals surface area contributed by atoms with Crippen LogP contribution in [0.2, 0.25) is 0 Å². The molecule has 0 radical (unpaired) electrons. The zero-order valence-electron chi connectivity index (χ0n) is 7.36. The first-order chi connectivity index (χ1) is 6.16. The van der Waals surface area contributed by atoms with Crippen molar-refractivity contribution in [3.8, 4) is 0 Å². The molecule has 0 saturated carbocycles. The van der Waals surface area contributed by atoms with Crippen LogP contribution in [0.4, 0.5) is 0 Å². The van der Waals surface area contributed by atoms with Gasteiger partial charge in [0, 0.05) is 5.56 Å². The van der Waals surface area contributed by atoms with Crippen molar-refractivity contribution in [3.63, 3.8) is 0 Å². The van der Waals surface area contributed by atoms with Crippen LogP contribution in [0, 0.1) is 0 Å². The van der Waals surface area contributed by atoms with Crippen molar-refractivity contribution < 1.29 is 9.59 Å². The second-order valence-electron chi connectivity index (χ2n) is 2.87. The van der Waals surface area contributed by atoms with Gasteiger partial charge in [-0.05, 0) is 12.5 Å². The number of benzene rings is 1. The molecule has 0 saturated heterocycles. The Hall–Kier alpha value is -1.64. The Bertz CT molecular complexity index is 333. The molecule has 1 amide bonds. The highest BCUT2D eigenvalue weighted by Gasteiger charge is 2.14. The molecular formula is C10H11NO2. The maximum atomic E-state index is 10.9. The highest BCUT2D eigenvalue weighted by atomic mass is 16.1. The fourth-order valence-corrected chi connectivity index (χ4v) is 1.17. The molecule has 1 aromatic rings. The Kier molecular flexibility index (Phi) is 2.80. The molecule has 0 aromatic heterocycles. The van der Waals surface area contributed by atoms with Gasteiger partial charge in [-0.1, -0.05) is 24.3 Å². The maximum Gasteiger partial charge on any atom is 0.224 e. The quantitative estimate of drug-likeness (QED) is 0.702. The summed E-state index contributed by atoms with van der Waals surface area (Å²) in [4.78, 5) is 21.5. The van der Waals surface area contributed by atoms with Crippen LogP contribution in [0.15, 0.2) is 24.3 Å². The van der Waals surface area contributed by atoms with E-state index in [0.717, 1.165) is 6.29 Å². The molecule has 0 aliphatic heterocycles. The van der Waals surface area contributed by atoms with E-state index in [0.29, 0.717) is 11.1 Å². The summed E-state index contributed by atoms with van der Waals surface area (Å²) >= 11 is 0. The highest BCUT2D eigenvalue weighted by Crippen LogP contribution is 2.17. The van der Waals surface area contributed by atoms with Gasteiger partial charge in [-0.2, -0.15) is 0 Å². The van der Waals surface area contributed by atoms with Crippen molar-refractivity contribution in [3.05, 3.63) is 35.4 Å². The summed E-state index contributed by atoms with van der Waals surface area (Å²) in [6.45, 7) is 1.69. The van der Waals surface area contributed by atoms with E-state index in [1.54, 1.807) is 31.2 Å². The van der Waals surface area contributed by atoms with Crippen molar-refractivity contribution in [1.82, 2.24) is 0 Å². The monoisotopic (exact) mass is 177 g/mol. The molecule has 3 heteroatoms. The van der Waals surface area contributed by atoms with E-state index in [-0.39, 0.29) is 0 Å². The molecule has 0 aliphatic carbocycles. The van der Waals surface area contributed by atoms with Crippen molar-refractivity contribution in [2.45, 2.75) is 12.8 Å². The number of hydrogen-bond donors (Lipinski definition) is 1. The van der Waals surface area contributed by atoms with Crippen LogP contribution < -0.4 is 5.73 Å². The summed E-state index contributed by atoms with van der Waals surface area (Å²) in [6, 6.07) is 6.93. The van der Waals surface area contributed by atoms with Crippen molar-refractivity contribution in [1.29, 1.82) is 0 Å². The van der Waals surface area contributed by atoms with Gasteiger partial charge in [-0.15, -0.1) is 0 Å². The lowest BCUT2D eigenvalue weighted by Gasteiger charge is -2.09. The zero-order chi connectivity index (χ0) is 9.84. The van der Waals surface area contributed by atoms with Crippen LogP contribution in [-0.2, 0) is 4.79 Å². The Morgan fingerprint density at radius 3 is 2.62 bits per heavy atom. The third-order valence-corrected chi connectivity index (χ3v) is 2.02. The molecule has 1 rings (SSSR count). The van der Waals surface area contributed by atoms with Crippen LogP contribution >= 0.6 is 0 Å². The number of carbonyl (C=O) groups is 2. The molecule has 0 spiro atoms. The fraction of sp³-hybridized carbons (Fsp3) is 0.200. The molecule has 0 heterocycles. The Morgan fingerprint density at radius 2 is 2.08 bits per heavy atom. The average molecular weight is 177 g/mol. The SMILES string of the molecule is CC(C(N)=O)c1ccccc1C=O. The van der Waals surface area contributed by atoms with Gasteiger partial charge in [0.2, 0.25) is 5.91 Å². The molecule has 0 bridgehead atoms. The number of primary amides is 1. The second-order valence-corrected chi connectivity index (χ2v) is 2.87. The van der Waals surface area contributed by atoms with Crippen LogP contribution in [0.3, 0.4) is 0 Å². The summed E-state index contributed by atoms with van der Waals surface area (Å²) in [5.41, 5.74) is 6.34. The topological polar surface area (TPSA) is 60.2 Å². The molecule has 3 nitrogen and oxygen atoms in total. The van der Waals surface area contributed by atoms with Crippen molar-refractivity contribution >= 4 is 12.2 Å². The van der Waals surface area contributed by atoms with Crippen molar-refractivity contribution in [2.75, 3.05) is 0 Å². The third kappa shape index (κ3) is 1.93. The minimum absolute atomic E-state index is 0.415. The van der Waals surface area contributed by atoms with E-state index < -0.39 is 11.8 Å². The minimum Gasteiger partial charge on any atom is -0.369 e. The van der Waals surface area contributed by atoms with Crippen LogP contribution in [0.5, 0.6) is 0 Å². The standard InChI is InChI=1S/C10H11NO2/c1-7(10(11)13)9-5-3-2-4-8(9)6-12/h2-7H,1H3,(H2,11,13). The predicted octanol–water partition coefficient (Wildman–Crippen LogP) is 1.09. The lowest BCUT2D eigenvalue weighted by atomic mass is 9.96. The molecule has 1 unspecified atom stereocenters. The van der Waals surface area contributed by atoms with Gasteiger partial charge >= 0.3 is 0 Å². The molecule has 1 aromatic carbocycles. The van der Waals surface area contributed by atoms with Gasteiger partial charge in [-0.3, -0.25) is 9.59 Å². The average Bonchev–Trinajstić information content (AvgIpc) is 2.16. The first-order valence-corrected chi connectivity index (χ1v) is 4.00. The lowest BCUT2D eigenvalue weighted by molar-refractivity contribution is -0.119. The predicted molar refractivity (Wildman–Crippen MR) is 49.4 cm³/mol. The van der Waals surface area contributed by atoms with Crippen molar-refractivity contribution in [2.24, 2.45) is 5.73 Å². The molecule has 0 fully saturated rings. The van der Waals surface area contributed by atoms with Gasteiger partial charge < -0.3 is 5.73 Å². The van der Waals surface area contributed by atoms with E-state index in [4.69, 9.17) is 5.73 Å². The molecule has 0 aliphatic rings. The van der Waals surface area contributed by atoms with Gasteiger partial charge in [-0.25, -0.2) is 0 Å². The summed E-state index contributed by atoms with van der Waals surface area (Å²) in [5.74, 6) is -0.837. The fourth-order valence-electron chi connectivity index (χ4n) is 1.17. The van der Waals surface area contributed by atoms with Gasteiger partial charge in [0.25, 0.3) is 0 Å². The summed E-state index contributed by atoms with van der Waals surface area (Å²) in [6.07, 6.45) is 0.731. The molecular weight excluding hydrogens is 166 g/mol. The molecule has 13 heavy (non-hydrogen) atoms. The van der Waals surface area contributed by atoms with E-state index in [2.05, 4.69) is 0 Å². The van der Waals surface area contributed by atoms with E-state index in [1.807, 2.05) is 0 Å². The zero-order valence-corrected chi connectivity index (χ0v) is 7.36. The smallest absolute Gasteiger partial charge is 0.224 e. The first-order valence-electron chi connectivity index (χ1n) is 4.00. The number of nitrogens with two attached hydrogens (primary N) is 1. The first kappa shape index (κ1) is 9.45. The minimum atomic E-state index is -0.422. The lowest BCUT2D eigenvalue weighted by Crippen LogP contribution is -2.19. The summed E-state index contributed by atoms with van der Waals surface area (Å²) in [5, 5.41) is 0. The number of amides is 1. The molecule has 2 N–H and O–H groups in total. The molecule has 68 valence electrons. The number of rotatable bonds is 3. The Morgan fingerprint density at radius 1 is 1.46 bits per heavy atom. The number of carbonyl (C=O) groups excluding carboxylic acids is 2. The third-order valence-electron chi connectivity index (χ3n) is 2.02. The van der Waals surface area contributed by atoms with Crippen LogP contribution in [-0.4, -0.2) is 12.2 Å². The normalized spacial score (nSPS) is 12.1. The number of aldehydes is 1. The van der Waals surface area contributed by atoms with Crippen LogP contribution in [0.25, 0.3) is 0 Å². The second kappa shape index (κ2) is 3.85. The van der Waals surface area contributed by atoms with Gasteiger partial charge in [0.05, 0.1) is 5.92 Å². The van der Waals surface area contributed by atoms with E-state index in [1.165, 1.54) is 0 Å². The van der Waals surface area contributed by atoms with E-state index >= 15 is 0 Å². The summed E-state index contributed by atoms with van der Waals surface area (Å²) in [7, 11) is 0. The van der Waals surface area contributed by atoms with Gasteiger partial charge in [0.1, 0.15) is 6.29 Å².